The van der Waals surface area contributed by atoms with Crippen molar-refractivity contribution < 1.29 is 19.1 Å². The summed E-state index contributed by atoms with van der Waals surface area (Å²) in [6.45, 7) is -0.273. The van der Waals surface area contributed by atoms with Gasteiger partial charge in [0, 0.05) is 10.6 Å². The first-order valence-corrected chi connectivity index (χ1v) is 9.30. The van der Waals surface area contributed by atoms with Crippen molar-refractivity contribution in [1.29, 1.82) is 0 Å². The van der Waals surface area contributed by atoms with Gasteiger partial charge in [-0.25, -0.2) is 0 Å². The molecule has 29 heavy (non-hydrogen) atoms. The van der Waals surface area contributed by atoms with Gasteiger partial charge in [-0.2, -0.15) is 0 Å². The van der Waals surface area contributed by atoms with E-state index in [0.29, 0.717) is 23.8 Å². The number of rotatable bonds is 7. The number of amides is 1. The molecule has 0 saturated heterocycles. The lowest BCUT2D eigenvalue weighted by atomic mass is 10.0. The summed E-state index contributed by atoms with van der Waals surface area (Å²) in [7, 11) is 0. The summed E-state index contributed by atoms with van der Waals surface area (Å²) in [4.78, 5) is 35.0. The summed E-state index contributed by atoms with van der Waals surface area (Å²) < 4.78 is 5.29. The summed E-state index contributed by atoms with van der Waals surface area (Å²) in [5.41, 5.74) is 2.44. The van der Waals surface area contributed by atoms with E-state index in [1.807, 2.05) is 30.3 Å². The standard InChI is InChI=1S/C22H15Cl2NO4/c23-17-11-18(21(19(24)12-17)29-9-8-26)22(28)25-20-10-15(6-7-16(20)13-27)14-4-2-1-3-5-14/h1-8,10-13H,9H2,(H,25,28). The summed E-state index contributed by atoms with van der Waals surface area (Å²) in [5, 5.41) is 3.03. The maximum absolute atomic E-state index is 12.9. The van der Waals surface area contributed by atoms with Crippen LogP contribution in [0.3, 0.4) is 0 Å². The minimum atomic E-state index is -0.580. The molecule has 0 fully saturated rings. The van der Waals surface area contributed by atoms with Crippen molar-refractivity contribution in [2.75, 3.05) is 11.9 Å². The zero-order valence-electron chi connectivity index (χ0n) is 15.0. The van der Waals surface area contributed by atoms with Crippen LogP contribution in [-0.4, -0.2) is 25.1 Å². The van der Waals surface area contributed by atoms with E-state index in [2.05, 4.69) is 5.32 Å². The van der Waals surface area contributed by atoms with Crippen molar-refractivity contribution in [3.63, 3.8) is 0 Å². The second kappa shape index (κ2) is 9.37. The second-order valence-electron chi connectivity index (χ2n) is 5.98. The molecule has 7 heteroatoms. The van der Waals surface area contributed by atoms with Crippen molar-refractivity contribution in [1.82, 2.24) is 0 Å². The van der Waals surface area contributed by atoms with E-state index >= 15 is 0 Å². The summed E-state index contributed by atoms with van der Waals surface area (Å²) in [6, 6.07) is 17.4. The van der Waals surface area contributed by atoms with Crippen LogP contribution in [0.1, 0.15) is 20.7 Å². The second-order valence-corrected chi connectivity index (χ2v) is 6.83. The monoisotopic (exact) mass is 427 g/mol. The molecule has 0 bridgehead atoms. The zero-order chi connectivity index (χ0) is 20.8. The molecular weight excluding hydrogens is 413 g/mol. The van der Waals surface area contributed by atoms with Crippen LogP contribution < -0.4 is 10.1 Å². The van der Waals surface area contributed by atoms with Crippen LogP contribution in [0.15, 0.2) is 60.7 Å². The van der Waals surface area contributed by atoms with Crippen molar-refractivity contribution in [2.24, 2.45) is 0 Å². The fourth-order valence-electron chi connectivity index (χ4n) is 2.76. The number of carbonyl (C=O) groups excluding carboxylic acids is 3. The Morgan fingerprint density at radius 2 is 1.72 bits per heavy atom. The number of carbonyl (C=O) groups is 3. The molecule has 0 unspecified atom stereocenters. The van der Waals surface area contributed by atoms with Crippen LogP contribution in [-0.2, 0) is 4.79 Å². The Morgan fingerprint density at radius 1 is 0.966 bits per heavy atom. The summed E-state index contributed by atoms with van der Waals surface area (Å²) in [6.07, 6.45) is 1.19. The summed E-state index contributed by atoms with van der Waals surface area (Å²) >= 11 is 12.1. The van der Waals surface area contributed by atoms with Gasteiger partial charge in [0.15, 0.2) is 18.3 Å². The largest absolute Gasteiger partial charge is 0.484 e. The Morgan fingerprint density at radius 3 is 2.41 bits per heavy atom. The molecule has 3 aromatic rings. The van der Waals surface area contributed by atoms with E-state index in [1.165, 1.54) is 12.1 Å². The van der Waals surface area contributed by atoms with E-state index in [9.17, 15) is 14.4 Å². The first-order valence-electron chi connectivity index (χ1n) is 8.55. The molecule has 1 amide bonds. The van der Waals surface area contributed by atoms with Gasteiger partial charge in [-0.05, 0) is 35.4 Å². The molecule has 3 rings (SSSR count). The number of hydrogen-bond donors (Lipinski definition) is 1. The lowest BCUT2D eigenvalue weighted by molar-refractivity contribution is -0.109. The van der Waals surface area contributed by atoms with Crippen LogP contribution in [0.5, 0.6) is 5.75 Å². The Bertz CT molecular complexity index is 1070. The maximum Gasteiger partial charge on any atom is 0.259 e. The summed E-state index contributed by atoms with van der Waals surface area (Å²) in [5.74, 6) is -0.545. The van der Waals surface area contributed by atoms with Crippen LogP contribution >= 0.6 is 23.2 Å². The molecule has 5 nitrogen and oxygen atoms in total. The molecule has 0 atom stereocenters. The third kappa shape index (κ3) is 4.83. The molecule has 146 valence electrons. The van der Waals surface area contributed by atoms with Gasteiger partial charge in [0.2, 0.25) is 0 Å². The van der Waals surface area contributed by atoms with E-state index in [-0.39, 0.29) is 28.0 Å². The van der Waals surface area contributed by atoms with Gasteiger partial charge in [-0.15, -0.1) is 0 Å². The van der Waals surface area contributed by atoms with Crippen molar-refractivity contribution >= 4 is 47.4 Å². The Kier molecular flexibility index (Phi) is 6.65. The molecule has 0 aromatic heterocycles. The van der Waals surface area contributed by atoms with Crippen LogP contribution in [0.4, 0.5) is 5.69 Å². The normalized spacial score (nSPS) is 10.3. The number of benzene rings is 3. The average Bonchev–Trinajstić information content (AvgIpc) is 2.73. The van der Waals surface area contributed by atoms with E-state index < -0.39 is 5.91 Å². The van der Waals surface area contributed by atoms with Crippen molar-refractivity contribution in [3.8, 4) is 16.9 Å². The predicted octanol–water partition coefficient (Wildman–Crippen LogP) is 5.30. The molecule has 0 saturated carbocycles. The lowest BCUT2D eigenvalue weighted by Crippen LogP contribution is -2.15. The van der Waals surface area contributed by atoms with E-state index in [0.717, 1.165) is 11.1 Å². The van der Waals surface area contributed by atoms with Gasteiger partial charge in [0.1, 0.15) is 6.61 Å². The SMILES string of the molecule is O=CCOc1c(Cl)cc(Cl)cc1C(=O)Nc1cc(-c2ccccc2)ccc1C=O. The molecular formula is C22H15Cl2NO4. The molecule has 1 N–H and O–H groups in total. The van der Waals surface area contributed by atoms with Gasteiger partial charge >= 0.3 is 0 Å². The van der Waals surface area contributed by atoms with E-state index in [1.54, 1.807) is 18.2 Å². The highest BCUT2D eigenvalue weighted by atomic mass is 35.5. The highest BCUT2D eigenvalue weighted by Crippen LogP contribution is 2.33. The highest BCUT2D eigenvalue weighted by Gasteiger charge is 2.19. The molecule has 0 aliphatic carbocycles. The third-order valence-corrected chi connectivity index (χ3v) is 4.58. The van der Waals surface area contributed by atoms with Gasteiger partial charge < -0.3 is 10.1 Å². The zero-order valence-corrected chi connectivity index (χ0v) is 16.5. The predicted molar refractivity (Wildman–Crippen MR) is 113 cm³/mol. The lowest BCUT2D eigenvalue weighted by Gasteiger charge is -2.14. The highest BCUT2D eigenvalue weighted by molar-refractivity contribution is 6.36. The number of hydrogen-bond acceptors (Lipinski definition) is 4. The fraction of sp³-hybridized carbons (Fsp3) is 0.0455. The molecule has 0 heterocycles. The van der Waals surface area contributed by atoms with Gasteiger partial charge in [0.05, 0.1) is 16.3 Å². The Hall–Kier alpha value is -3.15. The minimum absolute atomic E-state index is 0.0348. The molecule has 0 aliphatic rings. The number of halogens is 2. The number of aldehydes is 2. The first kappa shape index (κ1) is 20.6. The number of ether oxygens (including phenoxy) is 1. The van der Waals surface area contributed by atoms with Crippen LogP contribution in [0.25, 0.3) is 11.1 Å². The van der Waals surface area contributed by atoms with Crippen molar-refractivity contribution in [2.45, 2.75) is 0 Å². The van der Waals surface area contributed by atoms with Gasteiger partial charge in [-0.3, -0.25) is 14.4 Å². The molecule has 0 radical (unpaired) electrons. The van der Waals surface area contributed by atoms with Crippen LogP contribution in [0.2, 0.25) is 10.0 Å². The Balaban J connectivity index is 1.99. The van der Waals surface area contributed by atoms with Crippen molar-refractivity contribution in [3.05, 3.63) is 81.8 Å². The van der Waals surface area contributed by atoms with Gasteiger partial charge in [-0.1, -0.05) is 59.6 Å². The van der Waals surface area contributed by atoms with Gasteiger partial charge in [0.25, 0.3) is 5.91 Å². The number of anilines is 1. The first-order chi connectivity index (χ1) is 14.0. The molecule has 3 aromatic carbocycles. The van der Waals surface area contributed by atoms with E-state index in [4.69, 9.17) is 27.9 Å². The average molecular weight is 428 g/mol. The quantitative estimate of drug-likeness (QED) is 0.519. The van der Waals surface area contributed by atoms with Crippen LogP contribution in [0, 0.1) is 0 Å². The number of nitrogens with one attached hydrogen (secondary N) is 1. The topological polar surface area (TPSA) is 72.5 Å². The smallest absolute Gasteiger partial charge is 0.259 e. The minimum Gasteiger partial charge on any atom is -0.484 e. The maximum atomic E-state index is 12.9. The third-order valence-electron chi connectivity index (χ3n) is 4.08. The molecule has 0 spiro atoms. The molecule has 0 aliphatic heterocycles. The Labute approximate surface area is 177 Å². The fourth-order valence-corrected chi connectivity index (χ4v) is 3.31.